The number of hydrogen-bond donors (Lipinski definition) is 2. The summed E-state index contributed by atoms with van der Waals surface area (Å²) in [6.45, 7) is 2.64. The Balaban J connectivity index is 2.07. The van der Waals surface area contributed by atoms with Gasteiger partial charge in [0, 0.05) is 18.0 Å². The second-order valence-electron chi connectivity index (χ2n) is 4.24. The maximum absolute atomic E-state index is 12.1. The molecule has 1 aromatic heterocycles. The van der Waals surface area contributed by atoms with Gasteiger partial charge in [-0.1, -0.05) is 29.8 Å². The number of hydrogen-bond acceptors (Lipinski definition) is 4. The highest BCUT2D eigenvalue weighted by Gasteiger charge is 2.16. The third-order valence-electron chi connectivity index (χ3n) is 2.69. The van der Waals surface area contributed by atoms with E-state index < -0.39 is 10.0 Å². The van der Waals surface area contributed by atoms with Crippen LogP contribution in [0.3, 0.4) is 0 Å². The van der Waals surface area contributed by atoms with Gasteiger partial charge in [0.25, 0.3) is 0 Å². The van der Waals surface area contributed by atoms with E-state index in [1.54, 1.807) is 12.1 Å². The van der Waals surface area contributed by atoms with Crippen LogP contribution in [0.2, 0.25) is 0 Å². The van der Waals surface area contributed by atoms with Crippen LogP contribution in [0.5, 0.6) is 0 Å². The minimum Gasteiger partial charge on any atom is -0.326 e. The lowest BCUT2D eigenvalue weighted by Gasteiger charge is -2.05. The lowest BCUT2D eigenvalue weighted by atomic mass is 10.2. The zero-order valence-corrected chi connectivity index (χ0v) is 12.2. The molecular weight excluding hydrogens is 280 g/mol. The normalized spacial score (nSPS) is 11.7. The van der Waals surface area contributed by atoms with Crippen LogP contribution in [0.15, 0.2) is 40.6 Å². The molecule has 0 aliphatic heterocycles. The van der Waals surface area contributed by atoms with E-state index in [2.05, 4.69) is 4.72 Å². The first-order chi connectivity index (χ1) is 9.01. The summed E-state index contributed by atoms with van der Waals surface area (Å²) in [6, 6.07) is 11.1. The molecule has 0 radical (unpaired) electrons. The molecule has 0 saturated carbocycles. The minimum atomic E-state index is -3.44. The Hall–Kier alpha value is -1.21. The lowest BCUT2D eigenvalue weighted by Crippen LogP contribution is -2.22. The molecule has 19 heavy (non-hydrogen) atoms. The Morgan fingerprint density at radius 2 is 1.84 bits per heavy atom. The molecule has 2 aromatic rings. The molecule has 0 spiro atoms. The average molecular weight is 296 g/mol. The number of aryl methyl sites for hydroxylation is 1. The van der Waals surface area contributed by atoms with Gasteiger partial charge < -0.3 is 5.73 Å². The summed E-state index contributed by atoms with van der Waals surface area (Å²) in [5.41, 5.74) is 7.57. The Kier molecular flexibility index (Phi) is 4.36. The van der Waals surface area contributed by atoms with Crippen molar-refractivity contribution >= 4 is 21.4 Å². The summed E-state index contributed by atoms with van der Waals surface area (Å²) in [6.07, 6.45) is 0. The van der Waals surface area contributed by atoms with Crippen molar-refractivity contribution in [3.05, 3.63) is 52.4 Å². The molecule has 0 atom stereocenters. The molecule has 0 aliphatic rings. The fraction of sp³-hybridized carbons (Fsp3) is 0.231. The van der Waals surface area contributed by atoms with Gasteiger partial charge in [-0.05, 0) is 24.6 Å². The van der Waals surface area contributed by atoms with Crippen LogP contribution in [0.4, 0.5) is 0 Å². The standard InChI is InChI=1S/C13H16N2O2S2/c1-10-2-4-11(5-3-10)9-15-19(16,17)13-7-6-12(8-14)18-13/h2-7,15H,8-9,14H2,1H3. The molecule has 2 rings (SSSR count). The van der Waals surface area contributed by atoms with Crippen LogP contribution >= 0.6 is 11.3 Å². The van der Waals surface area contributed by atoms with Gasteiger partial charge >= 0.3 is 0 Å². The summed E-state index contributed by atoms with van der Waals surface area (Å²) in [5, 5.41) is 0. The highest BCUT2D eigenvalue weighted by atomic mass is 32.2. The summed E-state index contributed by atoms with van der Waals surface area (Å²) in [4.78, 5) is 0.857. The molecule has 0 bridgehead atoms. The second-order valence-corrected chi connectivity index (χ2v) is 7.40. The van der Waals surface area contributed by atoms with Crippen molar-refractivity contribution in [1.82, 2.24) is 4.72 Å². The molecule has 0 aliphatic carbocycles. The zero-order valence-electron chi connectivity index (χ0n) is 10.6. The van der Waals surface area contributed by atoms with Crippen molar-refractivity contribution in [2.75, 3.05) is 0 Å². The lowest BCUT2D eigenvalue weighted by molar-refractivity contribution is 0.583. The van der Waals surface area contributed by atoms with E-state index in [9.17, 15) is 8.42 Å². The van der Waals surface area contributed by atoms with Gasteiger partial charge in [-0.15, -0.1) is 11.3 Å². The van der Waals surface area contributed by atoms with E-state index in [0.29, 0.717) is 17.3 Å². The van der Waals surface area contributed by atoms with Gasteiger partial charge in [0.15, 0.2) is 0 Å². The van der Waals surface area contributed by atoms with Crippen LogP contribution in [-0.4, -0.2) is 8.42 Å². The highest BCUT2D eigenvalue weighted by molar-refractivity contribution is 7.91. The monoisotopic (exact) mass is 296 g/mol. The van der Waals surface area contributed by atoms with Crippen LogP contribution in [-0.2, 0) is 23.1 Å². The highest BCUT2D eigenvalue weighted by Crippen LogP contribution is 2.21. The van der Waals surface area contributed by atoms with Crippen molar-refractivity contribution in [3.63, 3.8) is 0 Å². The van der Waals surface area contributed by atoms with Gasteiger partial charge in [0.05, 0.1) is 0 Å². The summed E-state index contributed by atoms with van der Waals surface area (Å²) < 4.78 is 27.0. The largest absolute Gasteiger partial charge is 0.326 e. The van der Waals surface area contributed by atoms with Crippen LogP contribution in [0, 0.1) is 6.92 Å². The molecule has 6 heteroatoms. The van der Waals surface area contributed by atoms with Gasteiger partial charge in [0.2, 0.25) is 10.0 Å². The summed E-state index contributed by atoms with van der Waals surface area (Å²) >= 11 is 1.20. The SMILES string of the molecule is Cc1ccc(CNS(=O)(=O)c2ccc(CN)s2)cc1. The predicted molar refractivity (Wildman–Crippen MR) is 77.4 cm³/mol. The number of thiophene rings is 1. The number of nitrogens with two attached hydrogens (primary N) is 1. The third-order valence-corrected chi connectivity index (χ3v) is 5.69. The fourth-order valence-corrected chi connectivity index (χ4v) is 3.86. The van der Waals surface area contributed by atoms with Gasteiger partial charge in [0.1, 0.15) is 4.21 Å². The first-order valence-corrected chi connectivity index (χ1v) is 8.15. The molecule has 0 fully saturated rings. The van der Waals surface area contributed by atoms with Gasteiger partial charge in [-0.2, -0.15) is 0 Å². The van der Waals surface area contributed by atoms with Crippen molar-refractivity contribution in [2.45, 2.75) is 24.2 Å². The molecule has 0 amide bonds. The number of sulfonamides is 1. The maximum atomic E-state index is 12.1. The first-order valence-electron chi connectivity index (χ1n) is 5.85. The quantitative estimate of drug-likeness (QED) is 0.886. The van der Waals surface area contributed by atoms with Crippen molar-refractivity contribution in [2.24, 2.45) is 5.73 Å². The number of benzene rings is 1. The maximum Gasteiger partial charge on any atom is 0.250 e. The smallest absolute Gasteiger partial charge is 0.250 e. The Morgan fingerprint density at radius 1 is 1.16 bits per heavy atom. The second kappa shape index (κ2) is 5.83. The van der Waals surface area contributed by atoms with Gasteiger partial charge in [-0.25, -0.2) is 13.1 Å². The average Bonchev–Trinajstić information content (AvgIpc) is 2.88. The van der Waals surface area contributed by atoms with Crippen LogP contribution in [0.25, 0.3) is 0 Å². The van der Waals surface area contributed by atoms with Crippen LogP contribution in [0.1, 0.15) is 16.0 Å². The van der Waals surface area contributed by atoms with E-state index in [1.165, 1.54) is 11.3 Å². The molecule has 102 valence electrons. The van der Waals surface area contributed by atoms with Crippen LogP contribution < -0.4 is 10.5 Å². The third kappa shape index (κ3) is 3.63. The molecule has 4 nitrogen and oxygen atoms in total. The zero-order chi connectivity index (χ0) is 13.9. The topological polar surface area (TPSA) is 72.2 Å². The molecule has 1 aromatic carbocycles. The van der Waals surface area contributed by atoms with E-state index in [4.69, 9.17) is 5.73 Å². The molecule has 0 unspecified atom stereocenters. The van der Waals surface area contributed by atoms with Crippen molar-refractivity contribution < 1.29 is 8.42 Å². The Morgan fingerprint density at radius 3 is 2.42 bits per heavy atom. The molecule has 0 saturated heterocycles. The number of nitrogens with one attached hydrogen (secondary N) is 1. The van der Waals surface area contributed by atoms with E-state index >= 15 is 0 Å². The minimum absolute atomic E-state index is 0.290. The Bertz CT molecular complexity index is 646. The first kappa shape index (κ1) is 14.2. The number of rotatable bonds is 5. The molecule has 3 N–H and O–H groups in total. The van der Waals surface area contributed by atoms with E-state index in [1.807, 2.05) is 31.2 Å². The molecular formula is C13H16N2O2S2. The Labute approximate surface area is 117 Å². The van der Waals surface area contributed by atoms with Crippen molar-refractivity contribution in [1.29, 1.82) is 0 Å². The predicted octanol–water partition coefficient (Wildman–Crippen LogP) is 1.99. The van der Waals surface area contributed by atoms with E-state index in [-0.39, 0.29) is 0 Å². The van der Waals surface area contributed by atoms with E-state index in [0.717, 1.165) is 16.0 Å². The summed E-state index contributed by atoms with van der Waals surface area (Å²) in [5.74, 6) is 0. The van der Waals surface area contributed by atoms with Gasteiger partial charge in [-0.3, -0.25) is 0 Å². The summed E-state index contributed by atoms with van der Waals surface area (Å²) in [7, 11) is -3.44. The molecule has 1 heterocycles. The fourth-order valence-electron chi connectivity index (χ4n) is 1.57. The van der Waals surface area contributed by atoms with Crippen molar-refractivity contribution in [3.8, 4) is 0 Å².